The number of rotatable bonds is 2. The van der Waals surface area contributed by atoms with E-state index in [1.165, 1.54) is 60.1 Å². The molecule has 0 bridgehead atoms. The molecule has 0 atom stereocenters. The average Bonchev–Trinajstić information content (AvgIpc) is 2.89. The molecule has 0 unspecified atom stereocenters. The van der Waals surface area contributed by atoms with Crippen LogP contribution in [0.5, 0.6) is 0 Å². The van der Waals surface area contributed by atoms with E-state index in [0.717, 1.165) is 0 Å². The van der Waals surface area contributed by atoms with E-state index in [9.17, 15) is 0 Å². The van der Waals surface area contributed by atoms with Crippen LogP contribution in [-0.4, -0.2) is 0 Å². The normalized spacial score (nSPS) is 10.6. The number of aryl methyl sites for hydroxylation is 1. The van der Waals surface area contributed by atoms with E-state index in [-0.39, 0.29) is 7.43 Å². The SMILES string of the molecule is C.CC.Cc1ccc(-c2c(-c3ccc4ccc5ccccc5c4c3)ccc3ccccc23)cc1. The van der Waals surface area contributed by atoms with Crippen molar-refractivity contribution in [1.29, 1.82) is 0 Å². The van der Waals surface area contributed by atoms with E-state index in [0.29, 0.717) is 0 Å². The van der Waals surface area contributed by atoms with Crippen LogP contribution in [0.4, 0.5) is 0 Å². The smallest absolute Gasteiger partial charge is 0.00268 e. The van der Waals surface area contributed by atoms with Crippen molar-refractivity contribution in [2.24, 2.45) is 0 Å². The Morgan fingerprint density at radius 1 is 0.441 bits per heavy atom. The fourth-order valence-corrected chi connectivity index (χ4v) is 4.71. The van der Waals surface area contributed by atoms with Gasteiger partial charge >= 0.3 is 0 Å². The van der Waals surface area contributed by atoms with Gasteiger partial charge in [0, 0.05) is 0 Å². The summed E-state index contributed by atoms with van der Waals surface area (Å²) in [5.74, 6) is 0. The molecular formula is C34H32. The summed E-state index contributed by atoms with van der Waals surface area (Å²) >= 11 is 0. The number of benzene rings is 6. The van der Waals surface area contributed by atoms with Crippen LogP contribution in [0, 0.1) is 6.92 Å². The lowest BCUT2D eigenvalue weighted by Crippen LogP contribution is -1.89. The van der Waals surface area contributed by atoms with E-state index >= 15 is 0 Å². The Kier molecular flexibility index (Phi) is 6.80. The van der Waals surface area contributed by atoms with Crippen molar-refractivity contribution in [3.05, 3.63) is 121 Å². The molecule has 34 heavy (non-hydrogen) atoms. The van der Waals surface area contributed by atoms with Crippen molar-refractivity contribution >= 4 is 32.3 Å². The predicted octanol–water partition coefficient (Wildman–Crippen LogP) is 10.5. The van der Waals surface area contributed by atoms with Gasteiger partial charge in [0.2, 0.25) is 0 Å². The maximum absolute atomic E-state index is 2.36. The van der Waals surface area contributed by atoms with Crippen LogP contribution in [0.25, 0.3) is 54.6 Å². The Labute approximate surface area is 203 Å². The molecule has 0 heterocycles. The van der Waals surface area contributed by atoms with Gasteiger partial charge in [-0.2, -0.15) is 0 Å². The highest BCUT2D eigenvalue weighted by Gasteiger charge is 2.13. The molecule has 168 valence electrons. The van der Waals surface area contributed by atoms with Gasteiger partial charge in [-0.05, 0) is 67.6 Å². The van der Waals surface area contributed by atoms with Crippen LogP contribution >= 0.6 is 0 Å². The Morgan fingerprint density at radius 3 is 1.65 bits per heavy atom. The van der Waals surface area contributed by atoms with Gasteiger partial charge < -0.3 is 0 Å². The third-order valence-electron chi connectivity index (χ3n) is 6.33. The van der Waals surface area contributed by atoms with Crippen molar-refractivity contribution in [3.8, 4) is 22.3 Å². The third-order valence-corrected chi connectivity index (χ3v) is 6.33. The second kappa shape index (κ2) is 9.93. The minimum Gasteiger partial charge on any atom is -0.0776 e. The first kappa shape index (κ1) is 23.3. The van der Waals surface area contributed by atoms with E-state index in [1.54, 1.807) is 0 Å². The van der Waals surface area contributed by atoms with Crippen LogP contribution in [0.1, 0.15) is 26.8 Å². The predicted molar refractivity (Wildman–Crippen MR) is 153 cm³/mol. The molecule has 0 amide bonds. The standard InChI is InChI=1S/C31H22.C2H6.CH4/c1-21-10-12-25(13-11-21)31-28-9-5-3-7-23(28)18-19-29(31)26-17-16-24-15-14-22-6-2-4-8-27(22)30(24)20-26;1-2;/h2-20H,1H3;1-2H3;1H4. The number of hydrogen-bond acceptors (Lipinski definition) is 0. The monoisotopic (exact) mass is 440 g/mol. The Hall–Kier alpha value is -3.90. The first-order chi connectivity index (χ1) is 16.3. The second-order valence-electron chi connectivity index (χ2n) is 8.30. The summed E-state index contributed by atoms with van der Waals surface area (Å²) in [5.41, 5.74) is 6.37. The molecule has 0 aliphatic rings. The van der Waals surface area contributed by atoms with Crippen LogP contribution in [0.15, 0.2) is 115 Å². The lowest BCUT2D eigenvalue weighted by Gasteiger charge is -2.15. The highest BCUT2D eigenvalue weighted by Crippen LogP contribution is 2.39. The zero-order chi connectivity index (χ0) is 22.8. The molecule has 0 nitrogen and oxygen atoms in total. The summed E-state index contributed by atoms with van der Waals surface area (Å²) in [7, 11) is 0. The summed E-state index contributed by atoms with van der Waals surface area (Å²) < 4.78 is 0. The molecule has 0 aliphatic heterocycles. The van der Waals surface area contributed by atoms with E-state index in [2.05, 4.69) is 122 Å². The van der Waals surface area contributed by atoms with Gasteiger partial charge in [0.25, 0.3) is 0 Å². The third kappa shape index (κ3) is 4.08. The summed E-state index contributed by atoms with van der Waals surface area (Å²) in [4.78, 5) is 0. The number of hydrogen-bond donors (Lipinski definition) is 0. The highest BCUT2D eigenvalue weighted by molar-refractivity contribution is 6.10. The summed E-state index contributed by atoms with van der Waals surface area (Å²) in [5, 5.41) is 7.73. The van der Waals surface area contributed by atoms with Crippen LogP contribution in [0.3, 0.4) is 0 Å². The maximum Gasteiger partial charge on any atom is -0.00268 e. The molecule has 0 radical (unpaired) electrons. The molecule has 6 rings (SSSR count). The van der Waals surface area contributed by atoms with Gasteiger partial charge in [-0.25, -0.2) is 0 Å². The van der Waals surface area contributed by atoms with Crippen LogP contribution in [0.2, 0.25) is 0 Å². The van der Waals surface area contributed by atoms with Gasteiger partial charge in [0.05, 0.1) is 0 Å². The lowest BCUT2D eigenvalue weighted by atomic mass is 9.88. The maximum atomic E-state index is 2.36. The quantitative estimate of drug-likeness (QED) is 0.235. The fourth-order valence-electron chi connectivity index (χ4n) is 4.71. The summed E-state index contributed by atoms with van der Waals surface area (Å²) in [6.45, 7) is 6.14. The number of fused-ring (bicyclic) bond motifs is 4. The Bertz CT molecular complexity index is 1570. The van der Waals surface area contributed by atoms with Crippen LogP contribution in [-0.2, 0) is 0 Å². The molecule has 0 N–H and O–H groups in total. The van der Waals surface area contributed by atoms with Gasteiger partial charge in [0.15, 0.2) is 0 Å². The molecule has 0 spiro atoms. The van der Waals surface area contributed by atoms with Gasteiger partial charge in [-0.15, -0.1) is 0 Å². The second-order valence-corrected chi connectivity index (χ2v) is 8.30. The minimum absolute atomic E-state index is 0. The molecule has 0 saturated carbocycles. The van der Waals surface area contributed by atoms with Crippen molar-refractivity contribution in [2.45, 2.75) is 28.2 Å². The van der Waals surface area contributed by atoms with Gasteiger partial charge in [-0.1, -0.05) is 136 Å². The Balaban J connectivity index is 0.000000890. The summed E-state index contributed by atoms with van der Waals surface area (Å²) in [6, 6.07) is 42.1. The lowest BCUT2D eigenvalue weighted by molar-refractivity contribution is 1.47. The first-order valence-electron chi connectivity index (χ1n) is 11.8. The van der Waals surface area contributed by atoms with Crippen LogP contribution < -0.4 is 0 Å². The molecular weight excluding hydrogens is 408 g/mol. The van der Waals surface area contributed by atoms with E-state index in [4.69, 9.17) is 0 Å². The van der Waals surface area contributed by atoms with Crippen molar-refractivity contribution in [3.63, 3.8) is 0 Å². The fraction of sp³-hybridized carbons (Fsp3) is 0.118. The molecule has 0 aromatic heterocycles. The zero-order valence-corrected chi connectivity index (χ0v) is 19.5. The average molecular weight is 441 g/mol. The topological polar surface area (TPSA) is 0 Å². The zero-order valence-electron chi connectivity index (χ0n) is 19.5. The molecule has 6 aromatic carbocycles. The summed E-state index contributed by atoms with van der Waals surface area (Å²) in [6.07, 6.45) is 0. The van der Waals surface area contributed by atoms with E-state index < -0.39 is 0 Å². The van der Waals surface area contributed by atoms with Crippen molar-refractivity contribution in [2.75, 3.05) is 0 Å². The molecule has 0 fully saturated rings. The largest absolute Gasteiger partial charge is 0.0776 e. The molecule has 0 heteroatoms. The molecule has 6 aromatic rings. The first-order valence-corrected chi connectivity index (χ1v) is 11.8. The van der Waals surface area contributed by atoms with E-state index in [1.807, 2.05) is 13.8 Å². The van der Waals surface area contributed by atoms with Gasteiger partial charge in [-0.3, -0.25) is 0 Å². The molecule has 0 aliphatic carbocycles. The van der Waals surface area contributed by atoms with Gasteiger partial charge in [0.1, 0.15) is 0 Å². The molecule has 0 saturated heterocycles. The Morgan fingerprint density at radius 2 is 0.941 bits per heavy atom. The van der Waals surface area contributed by atoms with Crippen molar-refractivity contribution < 1.29 is 0 Å². The highest BCUT2D eigenvalue weighted by atomic mass is 14.2. The van der Waals surface area contributed by atoms with Crippen molar-refractivity contribution in [1.82, 2.24) is 0 Å². The minimum atomic E-state index is 0.